The summed E-state index contributed by atoms with van der Waals surface area (Å²) in [5.74, 6) is 0.808. The predicted molar refractivity (Wildman–Crippen MR) is 208 cm³/mol. The van der Waals surface area contributed by atoms with Crippen molar-refractivity contribution in [1.29, 1.82) is 0 Å². The van der Waals surface area contributed by atoms with E-state index in [4.69, 9.17) is 6.42 Å². The molecule has 1 saturated heterocycles. The van der Waals surface area contributed by atoms with Gasteiger partial charge in [0.2, 0.25) is 17.7 Å². The zero-order valence-corrected chi connectivity index (χ0v) is 30.9. The van der Waals surface area contributed by atoms with Gasteiger partial charge >= 0.3 is 5.97 Å². The fraction of sp³-hybridized carbons (Fsp3) is 0.357. The molecule has 1 aliphatic rings. The minimum Gasteiger partial charge on any atom is -0.478 e. The van der Waals surface area contributed by atoms with E-state index in [9.17, 15) is 24.3 Å². The fourth-order valence-corrected chi connectivity index (χ4v) is 6.46. The average molecular weight is 719 g/mol. The van der Waals surface area contributed by atoms with Crippen molar-refractivity contribution >= 4 is 35.6 Å². The molecule has 11 heteroatoms. The molecule has 0 aliphatic carbocycles. The van der Waals surface area contributed by atoms with E-state index in [2.05, 4.69) is 31.8 Å². The van der Waals surface area contributed by atoms with E-state index in [1.165, 1.54) is 12.3 Å². The van der Waals surface area contributed by atoms with Crippen molar-refractivity contribution in [2.45, 2.75) is 59.2 Å². The zero-order chi connectivity index (χ0) is 38.2. The maximum absolute atomic E-state index is 14.5. The van der Waals surface area contributed by atoms with Crippen LogP contribution in [0.25, 0.3) is 0 Å². The van der Waals surface area contributed by atoms with Crippen LogP contribution in [0.1, 0.15) is 64.9 Å². The first kappa shape index (κ1) is 40.2. The van der Waals surface area contributed by atoms with Crippen molar-refractivity contribution in [1.82, 2.24) is 20.4 Å². The van der Waals surface area contributed by atoms with Gasteiger partial charge in [0.05, 0.1) is 12.0 Å². The number of nitrogens with one attached hydrogen (secondary N) is 3. The first-order valence-corrected chi connectivity index (χ1v) is 17.9. The number of benzene rings is 3. The van der Waals surface area contributed by atoms with Crippen LogP contribution in [-0.4, -0.2) is 78.2 Å². The third-order valence-corrected chi connectivity index (χ3v) is 9.52. The minimum atomic E-state index is -0.956. The number of hydrogen-bond acceptors (Lipinski definition) is 7. The van der Waals surface area contributed by atoms with Crippen molar-refractivity contribution in [3.63, 3.8) is 0 Å². The van der Waals surface area contributed by atoms with Gasteiger partial charge in [0, 0.05) is 37.0 Å². The van der Waals surface area contributed by atoms with Crippen LogP contribution < -0.4 is 16.0 Å². The summed E-state index contributed by atoms with van der Waals surface area (Å²) in [7, 11) is 1.87. The molecule has 53 heavy (non-hydrogen) atoms. The second-order valence-electron chi connectivity index (χ2n) is 13.5. The minimum absolute atomic E-state index is 0.0755. The molecule has 1 heterocycles. The number of carboxylic acid groups (broad SMARTS) is 1. The Bertz CT molecular complexity index is 1840. The number of anilines is 1. The van der Waals surface area contributed by atoms with Gasteiger partial charge in [-0.1, -0.05) is 62.2 Å². The second kappa shape index (κ2) is 19.9. The molecule has 4 rings (SSSR count). The summed E-state index contributed by atoms with van der Waals surface area (Å²) in [5, 5.41) is 18.2. The monoisotopic (exact) mass is 718 g/mol. The summed E-state index contributed by atoms with van der Waals surface area (Å²) in [6.45, 7) is 6.91. The van der Waals surface area contributed by atoms with Crippen molar-refractivity contribution in [2.24, 2.45) is 10.4 Å². The van der Waals surface area contributed by atoms with E-state index in [0.29, 0.717) is 51.1 Å². The number of aliphatic imine (C=N–C) groups is 1. The third kappa shape index (κ3) is 12.0. The lowest BCUT2D eigenvalue weighted by molar-refractivity contribution is -0.146. The number of hydrogen-bond donors (Lipinski definition) is 4. The second-order valence-corrected chi connectivity index (χ2v) is 13.5. The summed E-state index contributed by atoms with van der Waals surface area (Å²) >= 11 is 0. The molecule has 4 N–H and O–H groups in total. The topological polar surface area (TPSA) is 143 Å². The number of nitrogens with zero attached hydrogens (tertiary/aromatic N) is 3. The van der Waals surface area contributed by atoms with Gasteiger partial charge in [-0.25, -0.2) is 4.79 Å². The molecule has 1 fully saturated rings. The molecule has 1 aliphatic heterocycles. The lowest BCUT2D eigenvalue weighted by Gasteiger charge is -2.41. The number of rotatable bonds is 17. The summed E-state index contributed by atoms with van der Waals surface area (Å²) in [6.07, 6.45) is 11.9. The number of amides is 3. The number of aromatic carboxylic acids is 1. The standard InChI is InChI=1S/C42H50N6O5/c1-5-7-10-21-44-30-45-38(49)25-36-24-37(18-17-32(36)6-2)46-39(50)29-48(28-35-12-9-8-11-34(35)26-43-4)41(53)42(3)19-22-47(23-20-42)27-31-13-15-33(16-14-31)40(51)52/h1,7-18,21,24,43H,6,19-20,22-23,25-30H2,2-4H3,(H,45,49)(H,46,50)(H,51,52)/b10-7-,44-21-. The maximum atomic E-state index is 14.5. The Balaban J connectivity index is 1.46. The van der Waals surface area contributed by atoms with Crippen LogP contribution in [0.4, 0.5) is 5.69 Å². The molecule has 0 atom stereocenters. The van der Waals surface area contributed by atoms with Crippen LogP contribution in [0, 0.1) is 17.8 Å². The van der Waals surface area contributed by atoms with Crippen molar-refractivity contribution < 1.29 is 24.3 Å². The Morgan fingerprint density at radius 2 is 1.70 bits per heavy atom. The smallest absolute Gasteiger partial charge is 0.335 e. The van der Waals surface area contributed by atoms with Crippen LogP contribution in [-0.2, 0) is 46.9 Å². The van der Waals surface area contributed by atoms with Crippen LogP contribution in [0.15, 0.2) is 83.9 Å². The van der Waals surface area contributed by atoms with Crippen molar-refractivity contribution in [3.8, 4) is 12.3 Å². The summed E-state index contributed by atoms with van der Waals surface area (Å²) in [5.41, 5.74) is 4.94. The molecule has 3 aromatic rings. The highest BCUT2D eigenvalue weighted by molar-refractivity contribution is 5.95. The van der Waals surface area contributed by atoms with E-state index in [1.807, 2.05) is 75.5 Å². The zero-order valence-electron chi connectivity index (χ0n) is 30.9. The molecule has 3 aromatic carbocycles. The number of terminal acetylenes is 1. The molecule has 0 aromatic heterocycles. The predicted octanol–water partition coefficient (Wildman–Crippen LogP) is 4.81. The Kier molecular flexibility index (Phi) is 15.1. The average Bonchev–Trinajstić information content (AvgIpc) is 3.14. The van der Waals surface area contributed by atoms with Crippen LogP contribution in [0.5, 0.6) is 0 Å². The van der Waals surface area contributed by atoms with Gasteiger partial charge in [0.25, 0.3) is 0 Å². The Labute approximate surface area is 312 Å². The van der Waals surface area contributed by atoms with E-state index < -0.39 is 11.4 Å². The summed E-state index contributed by atoms with van der Waals surface area (Å²) in [4.78, 5) is 60.1. The van der Waals surface area contributed by atoms with Crippen LogP contribution in [0.2, 0.25) is 0 Å². The first-order valence-electron chi connectivity index (χ1n) is 17.9. The van der Waals surface area contributed by atoms with Gasteiger partial charge in [0.15, 0.2) is 0 Å². The van der Waals surface area contributed by atoms with Crippen LogP contribution >= 0.6 is 0 Å². The van der Waals surface area contributed by atoms with Gasteiger partial charge in [-0.2, -0.15) is 0 Å². The number of likely N-dealkylation sites (tertiary alicyclic amines) is 1. The maximum Gasteiger partial charge on any atom is 0.335 e. The van der Waals surface area contributed by atoms with Gasteiger partial charge in [-0.15, -0.1) is 6.42 Å². The molecule has 0 radical (unpaired) electrons. The number of carboxylic acids is 1. The highest BCUT2D eigenvalue weighted by Gasteiger charge is 2.40. The lowest BCUT2D eigenvalue weighted by atomic mass is 9.78. The normalized spacial score (nSPS) is 14.2. The van der Waals surface area contributed by atoms with Crippen molar-refractivity contribution in [2.75, 3.05) is 38.7 Å². The van der Waals surface area contributed by atoms with Gasteiger partial charge in [-0.05, 0) is 104 Å². The molecule has 0 spiro atoms. The number of carbonyl (C=O) groups excluding carboxylic acids is 3. The molecular weight excluding hydrogens is 668 g/mol. The number of carbonyl (C=O) groups is 4. The van der Waals surface area contributed by atoms with E-state index >= 15 is 0 Å². The molecule has 278 valence electrons. The van der Waals surface area contributed by atoms with Gasteiger partial charge in [-0.3, -0.25) is 24.3 Å². The van der Waals surface area contributed by atoms with Gasteiger partial charge in [0.1, 0.15) is 13.2 Å². The Hall–Kier alpha value is -5.57. The molecular formula is C42H50N6O5. The number of aryl methyl sites for hydroxylation is 1. The summed E-state index contributed by atoms with van der Waals surface area (Å²) < 4.78 is 0. The number of allylic oxidation sites excluding steroid dienone is 2. The fourth-order valence-electron chi connectivity index (χ4n) is 6.46. The quantitative estimate of drug-likeness (QED) is 0.116. The highest BCUT2D eigenvalue weighted by Crippen LogP contribution is 2.34. The SMILES string of the molecule is C#C/C=C\C=N/CNC(=O)Cc1cc(NC(=O)CN(Cc2ccccc2CNC)C(=O)C2(C)CCN(Cc3ccc(C(=O)O)cc3)CC2)ccc1CC. The number of piperidine rings is 1. The van der Waals surface area contributed by atoms with Crippen molar-refractivity contribution in [3.05, 3.63) is 112 Å². The largest absolute Gasteiger partial charge is 0.478 e. The Morgan fingerprint density at radius 1 is 0.981 bits per heavy atom. The van der Waals surface area contributed by atoms with E-state index in [-0.39, 0.29) is 49.5 Å². The van der Waals surface area contributed by atoms with Crippen LogP contribution in [0.3, 0.4) is 0 Å². The molecule has 0 bridgehead atoms. The molecule has 0 saturated carbocycles. The lowest BCUT2D eigenvalue weighted by Crippen LogP contribution is -2.50. The Morgan fingerprint density at radius 3 is 2.36 bits per heavy atom. The third-order valence-electron chi connectivity index (χ3n) is 9.52. The highest BCUT2D eigenvalue weighted by atomic mass is 16.4. The van der Waals surface area contributed by atoms with Gasteiger partial charge < -0.3 is 26.0 Å². The molecule has 3 amide bonds. The molecule has 0 unspecified atom stereocenters. The van der Waals surface area contributed by atoms with E-state index in [0.717, 1.165) is 27.8 Å². The molecule has 11 nitrogen and oxygen atoms in total. The summed E-state index contributed by atoms with van der Waals surface area (Å²) in [6, 6.07) is 20.3. The first-order chi connectivity index (χ1) is 25.5. The van der Waals surface area contributed by atoms with E-state index in [1.54, 1.807) is 23.1 Å².